The molecule has 0 radical (unpaired) electrons. The second-order valence-electron chi connectivity index (χ2n) is 6.44. The fourth-order valence-electron chi connectivity index (χ4n) is 3.00. The smallest absolute Gasteiger partial charge is 0.251 e. The molecule has 1 aromatic rings. The zero-order valence-electron chi connectivity index (χ0n) is 15.5. The third-order valence-corrected chi connectivity index (χ3v) is 4.68. The van der Waals surface area contributed by atoms with Gasteiger partial charge in [0, 0.05) is 53.0 Å². The van der Waals surface area contributed by atoms with Crippen LogP contribution in [0.4, 0.5) is 0 Å². The maximum Gasteiger partial charge on any atom is 0.251 e. The molecule has 1 amide bonds. The van der Waals surface area contributed by atoms with E-state index in [9.17, 15) is 4.79 Å². The zero-order chi connectivity index (χ0) is 18.1. The Hall–Kier alpha value is -2.08. The summed E-state index contributed by atoms with van der Waals surface area (Å²) in [6.45, 7) is 3.46. The first-order chi connectivity index (χ1) is 12.1. The maximum atomic E-state index is 11.6. The molecule has 138 valence electrons. The van der Waals surface area contributed by atoms with E-state index in [4.69, 9.17) is 4.74 Å². The van der Waals surface area contributed by atoms with Crippen molar-refractivity contribution in [1.29, 1.82) is 0 Å². The fraction of sp³-hybridized carbons (Fsp3) is 0.579. The maximum absolute atomic E-state index is 11.6. The van der Waals surface area contributed by atoms with Gasteiger partial charge in [-0.15, -0.1) is 0 Å². The van der Waals surface area contributed by atoms with Gasteiger partial charge in [0.1, 0.15) is 0 Å². The van der Waals surface area contributed by atoms with E-state index in [-0.39, 0.29) is 5.91 Å². The average Bonchev–Trinajstić information content (AvgIpc) is 2.67. The molecule has 25 heavy (non-hydrogen) atoms. The van der Waals surface area contributed by atoms with E-state index >= 15 is 0 Å². The highest BCUT2D eigenvalue weighted by Gasteiger charge is 2.15. The van der Waals surface area contributed by atoms with Crippen LogP contribution < -0.4 is 10.6 Å². The minimum absolute atomic E-state index is 0.0665. The Morgan fingerprint density at radius 2 is 1.96 bits per heavy atom. The van der Waals surface area contributed by atoms with Crippen molar-refractivity contribution in [3.63, 3.8) is 0 Å². The van der Waals surface area contributed by atoms with Gasteiger partial charge in [-0.1, -0.05) is 12.1 Å². The number of guanidine groups is 1. The molecule has 6 nitrogen and oxygen atoms in total. The Bertz CT molecular complexity index is 565. The predicted octanol–water partition coefficient (Wildman–Crippen LogP) is 1.87. The molecule has 0 aliphatic carbocycles. The molecular weight excluding hydrogens is 316 g/mol. The van der Waals surface area contributed by atoms with Crippen molar-refractivity contribution in [3.05, 3.63) is 35.4 Å². The van der Waals surface area contributed by atoms with Gasteiger partial charge in [-0.3, -0.25) is 9.79 Å². The largest absolute Gasteiger partial charge is 0.381 e. The summed E-state index contributed by atoms with van der Waals surface area (Å²) in [5, 5.41) is 6.01. The number of hydrogen-bond donors (Lipinski definition) is 2. The molecule has 0 atom stereocenters. The van der Waals surface area contributed by atoms with Gasteiger partial charge in [-0.25, -0.2) is 0 Å². The molecule has 0 saturated carbocycles. The number of nitrogens with zero attached hydrogens (tertiary/aromatic N) is 2. The molecule has 1 saturated heterocycles. The van der Waals surface area contributed by atoms with Crippen molar-refractivity contribution >= 4 is 11.9 Å². The highest BCUT2D eigenvalue weighted by atomic mass is 16.5. The van der Waals surface area contributed by atoms with E-state index in [1.54, 1.807) is 7.05 Å². The van der Waals surface area contributed by atoms with Gasteiger partial charge in [0.2, 0.25) is 0 Å². The third kappa shape index (κ3) is 6.05. The first-order valence-corrected chi connectivity index (χ1v) is 8.94. The Morgan fingerprint density at radius 3 is 2.56 bits per heavy atom. The second kappa shape index (κ2) is 10.0. The number of carbonyl (C=O) groups excluding carboxylic acids is 1. The van der Waals surface area contributed by atoms with Crippen LogP contribution in [0.15, 0.2) is 29.3 Å². The van der Waals surface area contributed by atoms with E-state index in [1.807, 2.05) is 31.3 Å². The Balaban J connectivity index is 1.79. The molecule has 0 aromatic heterocycles. The number of amides is 1. The van der Waals surface area contributed by atoms with E-state index in [0.29, 0.717) is 12.1 Å². The third-order valence-electron chi connectivity index (χ3n) is 4.68. The summed E-state index contributed by atoms with van der Waals surface area (Å²) in [7, 11) is 5.52. The van der Waals surface area contributed by atoms with Crippen LogP contribution >= 0.6 is 0 Å². The highest BCUT2D eigenvalue weighted by molar-refractivity contribution is 5.93. The van der Waals surface area contributed by atoms with E-state index in [1.165, 1.54) is 6.42 Å². The van der Waals surface area contributed by atoms with E-state index in [2.05, 4.69) is 27.6 Å². The van der Waals surface area contributed by atoms with Gasteiger partial charge >= 0.3 is 0 Å². The Labute approximate surface area is 150 Å². The second-order valence-corrected chi connectivity index (χ2v) is 6.44. The molecule has 2 rings (SSSR count). The van der Waals surface area contributed by atoms with Crippen LogP contribution in [0.2, 0.25) is 0 Å². The van der Waals surface area contributed by atoms with E-state index < -0.39 is 0 Å². The van der Waals surface area contributed by atoms with Crippen molar-refractivity contribution in [2.45, 2.75) is 25.8 Å². The predicted molar refractivity (Wildman–Crippen MR) is 101 cm³/mol. The summed E-state index contributed by atoms with van der Waals surface area (Å²) in [4.78, 5) is 18.1. The van der Waals surface area contributed by atoms with Crippen LogP contribution in [0.1, 0.15) is 35.2 Å². The SMILES string of the molecule is CN=C(NCc1ccc(C(=O)NC)cc1)N(C)CCC1CCOCC1. The normalized spacial score (nSPS) is 15.7. The monoisotopic (exact) mass is 346 g/mol. The van der Waals surface area contributed by atoms with Gasteiger partial charge in [0.15, 0.2) is 5.96 Å². The minimum atomic E-state index is -0.0665. The Morgan fingerprint density at radius 1 is 1.28 bits per heavy atom. The quantitative estimate of drug-likeness (QED) is 0.610. The van der Waals surface area contributed by atoms with E-state index in [0.717, 1.165) is 50.0 Å². The zero-order valence-corrected chi connectivity index (χ0v) is 15.5. The molecule has 1 aliphatic rings. The van der Waals surface area contributed by atoms with Crippen LogP contribution in [-0.4, -0.2) is 57.7 Å². The molecule has 0 spiro atoms. The number of aliphatic imine (C=N–C) groups is 1. The first kappa shape index (κ1) is 19.2. The molecule has 6 heteroatoms. The van der Waals surface area contributed by atoms with Gasteiger partial charge in [0.05, 0.1) is 0 Å². The summed E-state index contributed by atoms with van der Waals surface area (Å²) >= 11 is 0. The van der Waals surface area contributed by atoms with Crippen molar-refractivity contribution < 1.29 is 9.53 Å². The molecule has 1 heterocycles. The summed E-state index contributed by atoms with van der Waals surface area (Å²) in [5.41, 5.74) is 1.79. The summed E-state index contributed by atoms with van der Waals surface area (Å²) < 4.78 is 5.42. The molecular formula is C19H30N4O2. The number of rotatable bonds is 6. The van der Waals surface area contributed by atoms with Crippen LogP contribution in [0.5, 0.6) is 0 Å². The average molecular weight is 346 g/mol. The lowest BCUT2D eigenvalue weighted by Crippen LogP contribution is -2.39. The van der Waals surface area contributed by atoms with Gasteiger partial charge in [0.25, 0.3) is 5.91 Å². The van der Waals surface area contributed by atoms with Crippen molar-refractivity contribution in [1.82, 2.24) is 15.5 Å². The van der Waals surface area contributed by atoms with Gasteiger partial charge < -0.3 is 20.3 Å². The first-order valence-electron chi connectivity index (χ1n) is 8.94. The number of carbonyl (C=O) groups is 1. The summed E-state index contributed by atoms with van der Waals surface area (Å²) in [6, 6.07) is 7.61. The minimum Gasteiger partial charge on any atom is -0.381 e. The fourth-order valence-corrected chi connectivity index (χ4v) is 3.00. The van der Waals surface area contributed by atoms with Gasteiger partial charge in [-0.05, 0) is 42.9 Å². The number of ether oxygens (including phenoxy) is 1. The lowest BCUT2D eigenvalue weighted by molar-refractivity contribution is 0.0625. The summed E-state index contributed by atoms with van der Waals surface area (Å²) in [5.74, 6) is 1.58. The molecule has 0 unspecified atom stereocenters. The number of hydrogen-bond acceptors (Lipinski definition) is 3. The lowest BCUT2D eigenvalue weighted by Gasteiger charge is -2.26. The van der Waals surface area contributed by atoms with Gasteiger partial charge in [-0.2, -0.15) is 0 Å². The van der Waals surface area contributed by atoms with Crippen molar-refractivity contribution in [3.8, 4) is 0 Å². The van der Waals surface area contributed by atoms with Crippen LogP contribution in [0, 0.1) is 5.92 Å². The Kier molecular flexibility index (Phi) is 7.73. The number of nitrogens with one attached hydrogen (secondary N) is 2. The molecule has 0 bridgehead atoms. The molecule has 1 aromatic carbocycles. The number of benzene rings is 1. The molecule has 1 fully saturated rings. The molecule has 2 N–H and O–H groups in total. The van der Waals surface area contributed by atoms with Crippen molar-refractivity contribution in [2.24, 2.45) is 10.9 Å². The standard InChI is InChI=1S/C19H30N4O2/c1-20-18(24)17-6-4-16(5-7-17)14-22-19(21-2)23(3)11-8-15-9-12-25-13-10-15/h4-7,15H,8-14H2,1-3H3,(H,20,24)(H,21,22). The topological polar surface area (TPSA) is 66.0 Å². The highest BCUT2D eigenvalue weighted by Crippen LogP contribution is 2.18. The van der Waals surface area contributed by atoms with Crippen LogP contribution in [0.25, 0.3) is 0 Å². The summed E-state index contributed by atoms with van der Waals surface area (Å²) in [6.07, 6.45) is 3.50. The van der Waals surface area contributed by atoms with Crippen LogP contribution in [0.3, 0.4) is 0 Å². The lowest BCUT2D eigenvalue weighted by atomic mass is 9.96. The van der Waals surface area contributed by atoms with Crippen molar-refractivity contribution in [2.75, 3.05) is 40.9 Å². The molecule has 1 aliphatic heterocycles. The van der Waals surface area contributed by atoms with Crippen LogP contribution in [-0.2, 0) is 11.3 Å².